The van der Waals surface area contributed by atoms with E-state index in [4.69, 9.17) is 5.73 Å². The molecule has 0 bridgehead atoms. The summed E-state index contributed by atoms with van der Waals surface area (Å²) in [5, 5.41) is 0. The summed E-state index contributed by atoms with van der Waals surface area (Å²) in [6.07, 6.45) is -4.64. The van der Waals surface area contributed by atoms with E-state index < -0.39 is 17.7 Å². The van der Waals surface area contributed by atoms with Crippen LogP contribution in [0, 0.1) is 11.8 Å². The maximum atomic E-state index is 12.5. The molecule has 0 heterocycles. The predicted octanol–water partition coefficient (Wildman–Crippen LogP) is 2.59. The second-order valence-corrected chi connectivity index (χ2v) is 3.58. The van der Waals surface area contributed by atoms with Crippen LogP contribution in [0.15, 0.2) is 18.2 Å². The van der Waals surface area contributed by atoms with Crippen molar-refractivity contribution in [2.75, 3.05) is 12.3 Å². The molecule has 1 aromatic rings. The number of nitrogen functional groups attached to an aromatic ring is 1. The van der Waals surface area contributed by atoms with E-state index in [1.54, 1.807) is 6.92 Å². The molecule has 1 aromatic carbocycles. The van der Waals surface area contributed by atoms with Gasteiger partial charge in [-0.1, -0.05) is 11.8 Å². The molecule has 0 aliphatic heterocycles. The molecule has 1 rings (SSSR count). The highest BCUT2D eigenvalue weighted by atomic mass is 19.4. The molecule has 2 N–H and O–H groups in total. The molecule has 0 radical (unpaired) electrons. The molecular weight excluding hydrogens is 259 g/mol. The third-order valence-electron chi connectivity index (χ3n) is 2.14. The second kappa shape index (κ2) is 6.14. The lowest BCUT2D eigenvalue weighted by Gasteiger charge is -2.07. The van der Waals surface area contributed by atoms with Crippen molar-refractivity contribution in [1.29, 1.82) is 0 Å². The van der Waals surface area contributed by atoms with Gasteiger partial charge >= 0.3 is 12.1 Å². The van der Waals surface area contributed by atoms with E-state index in [9.17, 15) is 18.0 Å². The predicted molar refractivity (Wildman–Crippen MR) is 64.0 cm³/mol. The van der Waals surface area contributed by atoms with Crippen molar-refractivity contribution < 1.29 is 22.7 Å². The van der Waals surface area contributed by atoms with Crippen molar-refractivity contribution in [3.05, 3.63) is 29.3 Å². The maximum Gasteiger partial charge on any atom is 0.416 e. The van der Waals surface area contributed by atoms with Gasteiger partial charge in [-0.3, -0.25) is 4.79 Å². The Labute approximate surface area is 108 Å². The lowest BCUT2D eigenvalue weighted by Crippen LogP contribution is -2.06. The van der Waals surface area contributed by atoms with Crippen molar-refractivity contribution in [2.24, 2.45) is 0 Å². The highest BCUT2D eigenvalue weighted by Gasteiger charge is 2.30. The number of carbonyl (C=O) groups excluding carboxylic acids is 1. The number of ether oxygens (including phenoxy) is 1. The van der Waals surface area contributed by atoms with Gasteiger partial charge in [0, 0.05) is 11.3 Å². The largest absolute Gasteiger partial charge is 0.465 e. The quantitative estimate of drug-likeness (QED) is 0.511. The van der Waals surface area contributed by atoms with Gasteiger partial charge in [0.15, 0.2) is 0 Å². The number of esters is 1. The molecule has 6 heteroatoms. The third-order valence-corrected chi connectivity index (χ3v) is 2.14. The Balaban J connectivity index is 2.89. The van der Waals surface area contributed by atoms with Crippen LogP contribution in [0.1, 0.15) is 24.5 Å². The van der Waals surface area contributed by atoms with E-state index in [-0.39, 0.29) is 24.3 Å². The molecular formula is C13H12F3NO2. The fourth-order valence-electron chi connectivity index (χ4n) is 1.26. The van der Waals surface area contributed by atoms with Crippen LogP contribution >= 0.6 is 0 Å². The SMILES string of the molecule is CCOC(=O)CC#Cc1cc(C(F)(F)F)ccc1N. The van der Waals surface area contributed by atoms with E-state index in [2.05, 4.69) is 16.6 Å². The van der Waals surface area contributed by atoms with Gasteiger partial charge in [0.25, 0.3) is 0 Å². The van der Waals surface area contributed by atoms with Crippen LogP contribution in [0.2, 0.25) is 0 Å². The number of carbonyl (C=O) groups is 1. The zero-order valence-electron chi connectivity index (χ0n) is 10.2. The summed E-state index contributed by atoms with van der Waals surface area (Å²) >= 11 is 0. The summed E-state index contributed by atoms with van der Waals surface area (Å²) < 4.78 is 42.1. The average Bonchev–Trinajstić information content (AvgIpc) is 2.30. The van der Waals surface area contributed by atoms with Gasteiger partial charge in [-0.15, -0.1) is 0 Å². The zero-order valence-corrected chi connectivity index (χ0v) is 10.2. The first-order chi connectivity index (χ1) is 8.84. The van der Waals surface area contributed by atoms with Gasteiger partial charge in [0.2, 0.25) is 0 Å². The molecule has 0 unspecified atom stereocenters. The standard InChI is InChI=1S/C13H12F3NO2/c1-2-19-12(18)5-3-4-9-8-10(13(14,15)16)6-7-11(9)17/h6-8H,2,5,17H2,1H3. The minimum absolute atomic E-state index is 0.0409. The number of halogens is 3. The monoisotopic (exact) mass is 271 g/mol. The molecule has 0 fully saturated rings. The molecule has 0 saturated heterocycles. The van der Waals surface area contributed by atoms with Crippen LogP contribution < -0.4 is 5.73 Å². The van der Waals surface area contributed by atoms with Crippen LogP contribution in [-0.4, -0.2) is 12.6 Å². The molecule has 0 aromatic heterocycles. The first-order valence-corrected chi connectivity index (χ1v) is 5.45. The Morgan fingerprint density at radius 2 is 2.11 bits per heavy atom. The normalized spacial score (nSPS) is 10.5. The van der Waals surface area contributed by atoms with Gasteiger partial charge in [0.05, 0.1) is 12.2 Å². The summed E-state index contributed by atoms with van der Waals surface area (Å²) in [6, 6.07) is 2.87. The lowest BCUT2D eigenvalue weighted by atomic mass is 10.1. The highest BCUT2D eigenvalue weighted by Crippen LogP contribution is 2.30. The number of alkyl halides is 3. The smallest absolute Gasteiger partial charge is 0.416 e. The van der Waals surface area contributed by atoms with Crippen molar-refractivity contribution >= 4 is 11.7 Å². The minimum atomic E-state index is -4.45. The first kappa shape index (κ1) is 14.9. The molecule has 0 atom stereocenters. The van der Waals surface area contributed by atoms with Crippen molar-refractivity contribution in [3.8, 4) is 11.8 Å². The molecule has 102 valence electrons. The number of anilines is 1. The summed E-state index contributed by atoms with van der Waals surface area (Å²) in [6.45, 7) is 1.88. The summed E-state index contributed by atoms with van der Waals surface area (Å²) in [7, 11) is 0. The maximum absolute atomic E-state index is 12.5. The Morgan fingerprint density at radius 3 is 2.68 bits per heavy atom. The molecule has 0 saturated carbocycles. The average molecular weight is 271 g/mol. The molecule has 0 spiro atoms. The Morgan fingerprint density at radius 1 is 1.42 bits per heavy atom. The van der Waals surface area contributed by atoms with Crippen LogP contribution in [0.5, 0.6) is 0 Å². The highest BCUT2D eigenvalue weighted by molar-refractivity contribution is 5.73. The zero-order chi connectivity index (χ0) is 14.5. The van der Waals surface area contributed by atoms with Crippen molar-refractivity contribution in [3.63, 3.8) is 0 Å². The van der Waals surface area contributed by atoms with Crippen LogP contribution in [0.4, 0.5) is 18.9 Å². The summed E-state index contributed by atoms with van der Waals surface area (Å²) in [4.78, 5) is 11.0. The topological polar surface area (TPSA) is 52.3 Å². The fraction of sp³-hybridized carbons (Fsp3) is 0.308. The molecule has 3 nitrogen and oxygen atoms in total. The first-order valence-electron chi connectivity index (χ1n) is 5.45. The third kappa shape index (κ3) is 4.54. The Bertz CT molecular complexity index is 527. The van der Waals surface area contributed by atoms with Gasteiger partial charge in [-0.05, 0) is 25.1 Å². The Hall–Kier alpha value is -2.16. The number of nitrogens with two attached hydrogens (primary N) is 1. The molecule has 0 aliphatic carbocycles. The number of hydrogen-bond donors (Lipinski definition) is 1. The molecule has 19 heavy (non-hydrogen) atoms. The van der Waals surface area contributed by atoms with Gasteiger partial charge in [0.1, 0.15) is 6.42 Å². The fourth-order valence-corrected chi connectivity index (χ4v) is 1.26. The van der Waals surface area contributed by atoms with Crippen molar-refractivity contribution in [1.82, 2.24) is 0 Å². The Kier molecular flexibility index (Phi) is 4.81. The molecule has 0 amide bonds. The van der Waals surface area contributed by atoms with E-state index in [0.717, 1.165) is 18.2 Å². The number of benzene rings is 1. The van der Waals surface area contributed by atoms with Crippen molar-refractivity contribution in [2.45, 2.75) is 19.5 Å². The van der Waals surface area contributed by atoms with Gasteiger partial charge in [-0.2, -0.15) is 13.2 Å². The minimum Gasteiger partial charge on any atom is -0.465 e. The number of hydrogen-bond acceptors (Lipinski definition) is 3. The van der Waals surface area contributed by atoms with E-state index in [1.165, 1.54) is 0 Å². The number of rotatable bonds is 2. The van der Waals surface area contributed by atoms with Crippen LogP contribution in [-0.2, 0) is 15.7 Å². The molecule has 0 aliphatic rings. The van der Waals surface area contributed by atoms with Gasteiger partial charge < -0.3 is 10.5 Å². The van der Waals surface area contributed by atoms with E-state index >= 15 is 0 Å². The second-order valence-electron chi connectivity index (χ2n) is 3.58. The van der Waals surface area contributed by atoms with E-state index in [0.29, 0.717) is 0 Å². The lowest BCUT2D eigenvalue weighted by molar-refractivity contribution is -0.142. The van der Waals surface area contributed by atoms with Crippen LogP contribution in [0.3, 0.4) is 0 Å². The van der Waals surface area contributed by atoms with E-state index in [1.807, 2.05) is 0 Å². The van der Waals surface area contributed by atoms with Gasteiger partial charge in [-0.25, -0.2) is 0 Å². The summed E-state index contributed by atoms with van der Waals surface area (Å²) in [5.74, 6) is 4.35. The summed E-state index contributed by atoms with van der Waals surface area (Å²) in [5.41, 5.74) is 4.86. The van der Waals surface area contributed by atoms with Crippen LogP contribution in [0.25, 0.3) is 0 Å².